The van der Waals surface area contributed by atoms with Crippen molar-refractivity contribution >= 4 is 22.8 Å². The lowest BCUT2D eigenvalue weighted by atomic mass is 9.91. The zero-order valence-corrected chi connectivity index (χ0v) is 16.4. The smallest absolute Gasteiger partial charge is 0.410 e. The molecule has 2 atom stereocenters. The molecule has 6 nitrogen and oxygen atoms in total. The Labute approximate surface area is 169 Å². The number of fused-ring (bicyclic) bond motifs is 3. The van der Waals surface area contributed by atoms with E-state index in [4.69, 9.17) is 4.74 Å². The molecule has 1 fully saturated rings. The Morgan fingerprint density at radius 2 is 2.03 bits per heavy atom. The third-order valence-corrected chi connectivity index (χ3v) is 6.02. The quantitative estimate of drug-likeness (QED) is 0.557. The fourth-order valence-electron chi connectivity index (χ4n) is 4.48. The van der Waals surface area contributed by atoms with Gasteiger partial charge < -0.3 is 19.0 Å². The van der Waals surface area contributed by atoms with E-state index in [1.54, 1.807) is 0 Å². The summed E-state index contributed by atoms with van der Waals surface area (Å²) in [4.78, 5) is 22.2. The van der Waals surface area contributed by atoms with E-state index in [-0.39, 0.29) is 12.0 Å². The Bertz CT molecular complexity index is 1150. The van der Waals surface area contributed by atoms with Crippen molar-refractivity contribution in [1.29, 1.82) is 0 Å². The Balaban J connectivity index is 1.39. The van der Waals surface area contributed by atoms with Crippen molar-refractivity contribution in [2.24, 2.45) is 5.92 Å². The molecule has 1 aromatic carbocycles. The molecule has 0 radical (unpaired) electrons. The van der Waals surface area contributed by atoms with Gasteiger partial charge in [0.05, 0.1) is 17.2 Å². The summed E-state index contributed by atoms with van der Waals surface area (Å²) in [6.45, 7) is 3.90. The highest BCUT2D eigenvalue weighted by Gasteiger charge is 2.37. The van der Waals surface area contributed by atoms with Crippen LogP contribution in [-0.2, 0) is 11.3 Å². The van der Waals surface area contributed by atoms with Crippen LogP contribution in [0.25, 0.3) is 16.7 Å². The molecule has 0 bridgehead atoms. The number of H-pyrrole nitrogens is 1. The molecule has 29 heavy (non-hydrogen) atoms. The average molecular weight is 388 g/mol. The van der Waals surface area contributed by atoms with Crippen molar-refractivity contribution in [1.82, 2.24) is 19.3 Å². The summed E-state index contributed by atoms with van der Waals surface area (Å²) in [5.74, 6) is 0.673. The molecule has 1 N–H and O–H groups in total. The number of rotatable bonds is 4. The number of benzene rings is 1. The van der Waals surface area contributed by atoms with Gasteiger partial charge in [-0.2, -0.15) is 0 Å². The highest BCUT2D eigenvalue weighted by atomic mass is 16.6. The first-order valence-electron chi connectivity index (χ1n) is 10.1. The van der Waals surface area contributed by atoms with Crippen LogP contribution < -0.4 is 0 Å². The molecule has 1 saturated heterocycles. The minimum Gasteiger partial charge on any atom is -0.445 e. The van der Waals surface area contributed by atoms with Crippen LogP contribution in [0.3, 0.4) is 0 Å². The molecule has 6 heteroatoms. The Kier molecular flexibility index (Phi) is 4.46. The van der Waals surface area contributed by atoms with E-state index in [0.29, 0.717) is 19.1 Å². The molecule has 1 amide bonds. The normalized spacial score (nSPS) is 19.3. The molecular weight excluding hydrogens is 364 g/mol. The third kappa shape index (κ3) is 3.14. The van der Waals surface area contributed by atoms with Gasteiger partial charge in [-0.3, -0.25) is 0 Å². The number of ether oxygens (including phenoxy) is 1. The molecule has 5 rings (SSSR count). The summed E-state index contributed by atoms with van der Waals surface area (Å²) < 4.78 is 7.85. The second kappa shape index (κ2) is 7.28. The Morgan fingerprint density at radius 1 is 1.17 bits per heavy atom. The van der Waals surface area contributed by atoms with E-state index in [1.807, 2.05) is 47.6 Å². The van der Waals surface area contributed by atoms with Crippen molar-refractivity contribution in [2.75, 3.05) is 13.1 Å². The van der Waals surface area contributed by atoms with E-state index >= 15 is 0 Å². The molecule has 0 spiro atoms. The van der Waals surface area contributed by atoms with Gasteiger partial charge in [-0.15, -0.1) is 0 Å². The minimum atomic E-state index is -0.232. The number of carbonyl (C=O) groups excluding carboxylic acids is 1. The predicted octanol–water partition coefficient (Wildman–Crippen LogP) is 4.58. The van der Waals surface area contributed by atoms with Crippen LogP contribution >= 0.6 is 0 Å². The number of amides is 1. The molecule has 0 unspecified atom stereocenters. The van der Waals surface area contributed by atoms with Gasteiger partial charge in [0.25, 0.3) is 0 Å². The molecule has 1 aliphatic heterocycles. The monoisotopic (exact) mass is 388 g/mol. The highest BCUT2D eigenvalue weighted by molar-refractivity contribution is 5.76. The summed E-state index contributed by atoms with van der Waals surface area (Å²) in [6.07, 6.45) is 4.59. The largest absolute Gasteiger partial charge is 0.445 e. The maximum Gasteiger partial charge on any atom is 0.410 e. The summed E-state index contributed by atoms with van der Waals surface area (Å²) in [6, 6.07) is 16.2. The number of carbonyl (C=O) groups is 1. The van der Waals surface area contributed by atoms with E-state index in [9.17, 15) is 4.79 Å². The fourth-order valence-corrected chi connectivity index (χ4v) is 4.48. The lowest BCUT2D eigenvalue weighted by Gasteiger charge is -2.17. The van der Waals surface area contributed by atoms with Crippen molar-refractivity contribution in [3.8, 4) is 0 Å². The standard InChI is InChI=1S/C23H24N4O2/c1-2-17-13-26(23(28)29-15-16-6-4-3-5-7-16)14-19(17)20-9-8-18-12-25-22-21(27(18)20)10-11-24-22/h3-12,17,19,24H,2,13-15H2,1H3/t17-,19+/m1/s1. The van der Waals surface area contributed by atoms with Crippen molar-refractivity contribution < 1.29 is 9.53 Å². The zero-order chi connectivity index (χ0) is 19.8. The molecule has 0 saturated carbocycles. The van der Waals surface area contributed by atoms with Gasteiger partial charge in [0.1, 0.15) is 6.61 Å². The van der Waals surface area contributed by atoms with Crippen molar-refractivity contribution in [2.45, 2.75) is 25.9 Å². The second-order valence-electron chi connectivity index (χ2n) is 7.71. The van der Waals surface area contributed by atoms with Crippen LogP contribution in [0.1, 0.15) is 30.5 Å². The van der Waals surface area contributed by atoms with E-state index in [2.05, 4.69) is 39.5 Å². The van der Waals surface area contributed by atoms with Gasteiger partial charge in [0.2, 0.25) is 0 Å². The number of nitrogens with zero attached hydrogens (tertiary/aromatic N) is 3. The number of likely N-dealkylation sites (tertiary alicyclic amines) is 1. The average Bonchev–Trinajstić information content (AvgIpc) is 3.48. The fraction of sp³-hybridized carbons (Fsp3) is 0.304. The predicted molar refractivity (Wildman–Crippen MR) is 112 cm³/mol. The number of hydrogen-bond acceptors (Lipinski definition) is 3. The molecule has 4 aromatic rings. The van der Waals surface area contributed by atoms with Gasteiger partial charge in [0.15, 0.2) is 5.65 Å². The number of nitrogens with one attached hydrogen (secondary N) is 1. The van der Waals surface area contributed by atoms with Crippen LogP contribution in [0, 0.1) is 5.92 Å². The van der Waals surface area contributed by atoms with E-state index < -0.39 is 0 Å². The molecular formula is C23H24N4O2. The summed E-state index contributed by atoms with van der Waals surface area (Å²) in [5, 5.41) is 0. The summed E-state index contributed by atoms with van der Waals surface area (Å²) >= 11 is 0. The van der Waals surface area contributed by atoms with Gasteiger partial charge in [-0.1, -0.05) is 43.7 Å². The minimum absolute atomic E-state index is 0.232. The maximum absolute atomic E-state index is 12.7. The lowest BCUT2D eigenvalue weighted by molar-refractivity contribution is 0.103. The molecule has 1 aliphatic rings. The maximum atomic E-state index is 12.7. The van der Waals surface area contributed by atoms with Crippen LogP contribution in [0.15, 0.2) is 60.9 Å². The van der Waals surface area contributed by atoms with Gasteiger partial charge in [-0.05, 0) is 29.7 Å². The Hall–Kier alpha value is -3.28. The van der Waals surface area contributed by atoms with Gasteiger partial charge in [-0.25, -0.2) is 9.78 Å². The second-order valence-corrected chi connectivity index (χ2v) is 7.71. The summed E-state index contributed by atoms with van der Waals surface area (Å²) in [7, 11) is 0. The summed E-state index contributed by atoms with van der Waals surface area (Å²) in [5.41, 5.74) is 5.26. The molecule has 3 aromatic heterocycles. The zero-order valence-electron chi connectivity index (χ0n) is 16.4. The van der Waals surface area contributed by atoms with Crippen LogP contribution in [-0.4, -0.2) is 38.5 Å². The van der Waals surface area contributed by atoms with Crippen LogP contribution in [0.4, 0.5) is 4.79 Å². The van der Waals surface area contributed by atoms with Crippen molar-refractivity contribution in [3.63, 3.8) is 0 Å². The van der Waals surface area contributed by atoms with Gasteiger partial charge >= 0.3 is 6.09 Å². The third-order valence-electron chi connectivity index (χ3n) is 6.02. The van der Waals surface area contributed by atoms with Crippen molar-refractivity contribution in [3.05, 3.63) is 72.2 Å². The number of hydrogen-bond donors (Lipinski definition) is 1. The SMILES string of the molecule is CC[C@@H]1CN(C(=O)OCc2ccccc2)C[C@@H]1c1ccc2cnc3[nH]ccc3n12. The first kappa shape index (κ1) is 17.8. The lowest BCUT2D eigenvalue weighted by Crippen LogP contribution is -2.29. The van der Waals surface area contributed by atoms with E-state index in [1.165, 1.54) is 5.69 Å². The topological polar surface area (TPSA) is 62.6 Å². The first-order chi connectivity index (χ1) is 14.2. The molecule has 4 heterocycles. The van der Waals surface area contributed by atoms with Crippen LogP contribution in [0.2, 0.25) is 0 Å². The first-order valence-corrected chi connectivity index (χ1v) is 10.1. The van der Waals surface area contributed by atoms with Gasteiger partial charge in [0, 0.05) is 30.9 Å². The molecule has 148 valence electrons. The van der Waals surface area contributed by atoms with Crippen LogP contribution in [0.5, 0.6) is 0 Å². The van der Waals surface area contributed by atoms with E-state index in [0.717, 1.165) is 35.2 Å². The molecule has 0 aliphatic carbocycles. The highest BCUT2D eigenvalue weighted by Crippen LogP contribution is 2.36. The number of aromatic nitrogens is 3. The Morgan fingerprint density at radius 3 is 2.86 bits per heavy atom. The number of aromatic amines is 1.